The molecule has 0 amide bonds. The Bertz CT molecular complexity index is 1070. The van der Waals surface area contributed by atoms with E-state index in [1.807, 2.05) is 12.2 Å². The van der Waals surface area contributed by atoms with Crippen molar-refractivity contribution in [3.63, 3.8) is 0 Å². The van der Waals surface area contributed by atoms with Gasteiger partial charge < -0.3 is 14.9 Å². The van der Waals surface area contributed by atoms with E-state index < -0.39 is 17.1 Å². The van der Waals surface area contributed by atoms with Gasteiger partial charge >= 0.3 is 0 Å². The molecule has 1 fully saturated rings. The summed E-state index contributed by atoms with van der Waals surface area (Å²) >= 11 is 0. The summed E-state index contributed by atoms with van der Waals surface area (Å²) in [4.78, 5) is 7.68. The number of hydrogen-bond donors (Lipinski definition) is 2. The van der Waals surface area contributed by atoms with Gasteiger partial charge in [-0.3, -0.25) is 0 Å². The summed E-state index contributed by atoms with van der Waals surface area (Å²) in [6.45, 7) is 27.0. The van der Waals surface area contributed by atoms with E-state index in [9.17, 15) is 5.11 Å². The van der Waals surface area contributed by atoms with Gasteiger partial charge in [0.15, 0.2) is 5.60 Å². The molecular formula is C26H32N2O. The number of hydrogen-bond acceptors (Lipinski definition) is 1. The minimum absolute atomic E-state index is 0.0459. The van der Waals surface area contributed by atoms with E-state index >= 15 is 0 Å². The first-order valence-electron chi connectivity index (χ1n) is 10.5. The van der Waals surface area contributed by atoms with Crippen molar-refractivity contribution in [2.24, 2.45) is 11.3 Å². The summed E-state index contributed by atoms with van der Waals surface area (Å²) in [7, 11) is 0. The second-order valence-corrected chi connectivity index (χ2v) is 10.4. The third-order valence-corrected chi connectivity index (χ3v) is 8.08. The maximum Gasteiger partial charge on any atom is 0.264 e. The summed E-state index contributed by atoms with van der Waals surface area (Å²) in [5.74, 6) is -0.0459. The molecule has 1 saturated carbocycles. The first-order chi connectivity index (χ1) is 13.5. The van der Waals surface area contributed by atoms with Crippen molar-refractivity contribution >= 4 is 10.9 Å². The molecule has 1 aromatic carbocycles. The fourth-order valence-corrected chi connectivity index (χ4v) is 6.15. The molecule has 4 rings (SSSR count). The van der Waals surface area contributed by atoms with E-state index in [1.54, 1.807) is 0 Å². The molecule has 0 bridgehead atoms. The van der Waals surface area contributed by atoms with Crippen molar-refractivity contribution < 1.29 is 5.11 Å². The van der Waals surface area contributed by atoms with E-state index in [0.717, 1.165) is 35.0 Å². The van der Waals surface area contributed by atoms with Crippen molar-refractivity contribution in [3.8, 4) is 0 Å². The summed E-state index contributed by atoms with van der Waals surface area (Å²) < 4.78 is 0. The Kier molecular flexibility index (Phi) is 4.04. The number of fused-ring (bicyclic) bond motifs is 2. The van der Waals surface area contributed by atoms with E-state index in [-0.39, 0.29) is 16.7 Å². The Morgan fingerprint density at radius 1 is 1.28 bits per heavy atom. The molecule has 2 aromatic rings. The van der Waals surface area contributed by atoms with Crippen LogP contribution in [0.4, 0.5) is 0 Å². The third kappa shape index (κ3) is 2.27. The number of nitrogens with one attached hydrogen (secondary N) is 1. The van der Waals surface area contributed by atoms with Gasteiger partial charge in [0.05, 0.1) is 5.41 Å². The second kappa shape index (κ2) is 5.86. The molecule has 29 heavy (non-hydrogen) atoms. The van der Waals surface area contributed by atoms with Gasteiger partial charge in [-0.15, -0.1) is 13.2 Å². The number of aromatic amines is 1. The molecule has 0 radical (unpaired) electrons. The first kappa shape index (κ1) is 20.0. The molecule has 0 aliphatic heterocycles. The lowest BCUT2D eigenvalue weighted by atomic mass is 9.48. The minimum atomic E-state index is -1.26. The zero-order valence-electron chi connectivity index (χ0n) is 18.3. The molecule has 1 heterocycles. The molecule has 3 heteroatoms. The highest BCUT2D eigenvalue weighted by Gasteiger charge is 2.67. The van der Waals surface area contributed by atoms with Crippen LogP contribution in [0.2, 0.25) is 0 Å². The molecule has 0 saturated heterocycles. The van der Waals surface area contributed by atoms with Crippen LogP contribution in [0, 0.1) is 17.9 Å². The van der Waals surface area contributed by atoms with Crippen molar-refractivity contribution in [1.82, 2.24) is 4.98 Å². The van der Waals surface area contributed by atoms with Gasteiger partial charge in [-0.05, 0) is 36.8 Å². The molecule has 0 spiro atoms. The maximum atomic E-state index is 12.6. The molecule has 1 aromatic heterocycles. The van der Waals surface area contributed by atoms with Crippen LogP contribution < -0.4 is 0 Å². The highest BCUT2D eigenvalue weighted by molar-refractivity contribution is 5.92. The number of nitrogens with zero attached hydrogens (tertiary/aromatic N) is 1. The minimum Gasteiger partial charge on any atom is -0.377 e. The van der Waals surface area contributed by atoms with Crippen LogP contribution in [0.3, 0.4) is 0 Å². The maximum absolute atomic E-state index is 12.6. The Morgan fingerprint density at radius 2 is 1.97 bits per heavy atom. The molecule has 152 valence electrons. The fraction of sp³-hybridized carbons (Fsp3) is 0.500. The van der Waals surface area contributed by atoms with Crippen LogP contribution in [0.5, 0.6) is 0 Å². The lowest BCUT2D eigenvalue weighted by Crippen LogP contribution is -2.61. The average Bonchev–Trinajstić information content (AvgIpc) is 3.08. The van der Waals surface area contributed by atoms with Crippen molar-refractivity contribution in [2.45, 2.75) is 69.9 Å². The molecule has 2 aliphatic carbocycles. The topological polar surface area (TPSA) is 40.4 Å². The summed E-state index contributed by atoms with van der Waals surface area (Å²) in [6, 6.07) is 5.78. The summed E-state index contributed by atoms with van der Waals surface area (Å²) in [6.07, 6.45) is 5.52. The standard InChI is InChI=1S/C26H32N2O/c1-9-23(3,4)21-20-19-16(12-11-13-17(19)28-21)24(5,6)18-14-15-25(7,10-2)22(27-8)26(18,20)29/h9-13,18,22,28-29H,1-2,14-15H2,3-7H3/t18-,22+,25+,26-/m1/s1. The number of allylic oxidation sites excluding steroid dienone is 1. The molecule has 4 atom stereocenters. The van der Waals surface area contributed by atoms with Crippen molar-refractivity contribution in [2.75, 3.05) is 0 Å². The van der Waals surface area contributed by atoms with Crippen molar-refractivity contribution in [3.05, 3.63) is 71.7 Å². The predicted molar refractivity (Wildman–Crippen MR) is 120 cm³/mol. The zero-order valence-corrected chi connectivity index (χ0v) is 18.3. The summed E-state index contributed by atoms with van der Waals surface area (Å²) in [5.41, 5.74) is 1.87. The average molecular weight is 389 g/mol. The Hall–Kier alpha value is -2.31. The van der Waals surface area contributed by atoms with Gasteiger partial charge in [-0.2, -0.15) is 0 Å². The fourth-order valence-electron chi connectivity index (χ4n) is 6.15. The second-order valence-electron chi connectivity index (χ2n) is 10.4. The van der Waals surface area contributed by atoms with E-state index in [0.29, 0.717) is 0 Å². The van der Waals surface area contributed by atoms with Gasteiger partial charge in [-0.25, -0.2) is 6.57 Å². The van der Waals surface area contributed by atoms with Gasteiger partial charge in [0, 0.05) is 33.5 Å². The highest BCUT2D eigenvalue weighted by atomic mass is 16.3. The molecule has 2 aliphatic rings. The van der Waals surface area contributed by atoms with Crippen LogP contribution in [-0.4, -0.2) is 16.1 Å². The number of aromatic nitrogens is 1. The van der Waals surface area contributed by atoms with Crippen molar-refractivity contribution in [1.29, 1.82) is 0 Å². The van der Waals surface area contributed by atoms with Crippen LogP contribution >= 0.6 is 0 Å². The Balaban J connectivity index is 2.20. The third-order valence-electron chi connectivity index (χ3n) is 8.08. The van der Waals surface area contributed by atoms with E-state index in [4.69, 9.17) is 6.57 Å². The normalized spacial score (nSPS) is 33.0. The van der Waals surface area contributed by atoms with Crippen LogP contribution in [0.15, 0.2) is 43.5 Å². The number of benzene rings is 1. The molecule has 2 N–H and O–H groups in total. The van der Waals surface area contributed by atoms with Gasteiger partial charge in [-0.1, -0.05) is 52.0 Å². The van der Waals surface area contributed by atoms with Gasteiger partial charge in [0.1, 0.15) is 0 Å². The zero-order chi connectivity index (χ0) is 21.4. The Labute approximate surface area is 174 Å². The van der Waals surface area contributed by atoms with Crippen LogP contribution in [0.1, 0.15) is 64.3 Å². The first-order valence-corrected chi connectivity index (χ1v) is 10.5. The highest BCUT2D eigenvalue weighted by Crippen LogP contribution is 2.63. The Morgan fingerprint density at radius 3 is 2.55 bits per heavy atom. The SMILES string of the molecule is [C-]#[N+][C@@H]1[C@]2(O)c3c(C(C)(C)C=C)[nH]c4cccc(c34)C(C)(C)[C@H]2CC[C@]1(C)C=C. The smallest absolute Gasteiger partial charge is 0.264 e. The van der Waals surface area contributed by atoms with Gasteiger partial charge in [0.2, 0.25) is 0 Å². The number of aliphatic hydroxyl groups is 1. The molecule has 0 unspecified atom stereocenters. The predicted octanol–water partition coefficient (Wildman–Crippen LogP) is 6.00. The quantitative estimate of drug-likeness (QED) is 0.491. The van der Waals surface area contributed by atoms with Gasteiger partial charge in [0.25, 0.3) is 6.04 Å². The largest absolute Gasteiger partial charge is 0.377 e. The monoisotopic (exact) mass is 388 g/mol. The van der Waals surface area contributed by atoms with Crippen LogP contribution in [-0.2, 0) is 16.4 Å². The lowest BCUT2D eigenvalue weighted by Gasteiger charge is -2.55. The van der Waals surface area contributed by atoms with Crippen LogP contribution in [0.25, 0.3) is 15.7 Å². The van der Waals surface area contributed by atoms with E-state index in [1.165, 1.54) is 5.56 Å². The lowest BCUT2D eigenvalue weighted by molar-refractivity contribution is -0.117. The number of H-pyrrole nitrogens is 1. The van der Waals surface area contributed by atoms with E-state index in [2.05, 4.69) is 75.8 Å². The summed E-state index contributed by atoms with van der Waals surface area (Å²) in [5, 5.41) is 13.7. The number of rotatable bonds is 3. The molecule has 3 nitrogen and oxygen atoms in total. The molecular weight excluding hydrogens is 356 g/mol.